The summed E-state index contributed by atoms with van der Waals surface area (Å²) in [6.07, 6.45) is 0.751. The highest BCUT2D eigenvalue weighted by atomic mass is 35.5. The second-order valence-electron chi connectivity index (χ2n) is 2.84. The van der Waals surface area contributed by atoms with Gasteiger partial charge in [-0.05, 0) is 30.7 Å². The Bertz CT molecular complexity index is 339. The average molecular weight is 214 g/mol. The van der Waals surface area contributed by atoms with Crippen LogP contribution < -0.4 is 5.73 Å². The van der Waals surface area contributed by atoms with E-state index in [-0.39, 0.29) is 0 Å². The summed E-state index contributed by atoms with van der Waals surface area (Å²) < 4.78 is 4.57. The summed E-state index contributed by atoms with van der Waals surface area (Å²) >= 11 is 5.90. The molecular weight excluding hydrogens is 202 g/mol. The second kappa shape index (κ2) is 4.98. The maximum Gasteiger partial charge on any atom is 0.339 e. The van der Waals surface area contributed by atoms with Crippen molar-refractivity contribution >= 4 is 17.6 Å². The van der Waals surface area contributed by atoms with Crippen LogP contribution in [0.3, 0.4) is 0 Å². The van der Waals surface area contributed by atoms with E-state index in [9.17, 15) is 4.79 Å². The first-order valence-electron chi connectivity index (χ1n) is 4.26. The molecule has 0 aromatic heterocycles. The fourth-order valence-electron chi connectivity index (χ4n) is 1.16. The Labute approximate surface area is 87.8 Å². The van der Waals surface area contributed by atoms with Crippen LogP contribution in [0.4, 0.5) is 0 Å². The smallest absolute Gasteiger partial charge is 0.339 e. The summed E-state index contributed by atoms with van der Waals surface area (Å²) in [5.41, 5.74) is 6.80. The van der Waals surface area contributed by atoms with Gasteiger partial charge in [-0.1, -0.05) is 17.7 Å². The van der Waals surface area contributed by atoms with Gasteiger partial charge in [0.1, 0.15) is 0 Å². The summed E-state index contributed by atoms with van der Waals surface area (Å²) in [5, 5.41) is 0.405. The van der Waals surface area contributed by atoms with Gasteiger partial charge in [0.05, 0.1) is 17.7 Å². The number of carbonyl (C=O) groups excluding carboxylic acids is 1. The van der Waals surface area contributed by atoms with Gasteiger partial charge in [-0.3, -0.25) is 0 Å². The molecule has 0 spiro atoms. The van der Waals surface area contributed by atoms with Crippen molar-refractivity contribution in [1.82, 2.24) is 0 Å². The first-order chi connectivity index (χ1) is 6.69. The van der Waals surface area contributed by atoms with Gasteiger partial charge in [0.15, 0.2) is 0 Å². The molecule has 4 heteroatoms. The molecule has 0 amide bonds. The summed E-state index contributed by atoms with van der Waals surface area (Å²) in [5.74, 6) is -0.422. The van der Waals surface area contributed by atoms with Crippen LogP contribution in [0.5, 0.6) is 0 Å². The molecule has 0 bridgehead atoms. The van der Waals surface area contributed by atoms with Crippen molar-refractivity contribution in [3.63, 3.8) is 0 Å². The molecule has 2 N–H and O–H groups in total. The van der Waals surface area contributed by atoms with Crippen LogP contribution in [-0.2, 0) is 11.2 Å². The van der Waals surface area contributed by atoms with Crippen molar-refractivity contribution in [1.29, 1.82) is 0 Å². The molecule has 14 heavy (non-hydrogen) atoms. The highest BCUT2D eigenvalue weighted by Gasteiger charge is 2.10. The number of rotatable bonds is 3. The fraction of sp³-hybridized carbons (Fsp3) is 0.300. The maximum absolute atomic E-state index is 11.2. The lowest BCUT2D eigenvalue weighted by molar-refractivity contribution is 0.0601. The third-order valence-electron chi connectivity index (χ3n) is 1.87. The molecule has 0 saturated heterocycles. The number of benzene rings is 1. The quantitative estimate of drug-likeness (QED) is 0.777. The lowest BCUT2D eigenvalue weighted by atomic mass is 10.1. The monoisotopic (exact) mass is 213 g/mol. The van der Waals surface area contributed by atoms with E-state index >= 15 is 0 Å². The molecule has 0 atom stereocenters. The van der Waals surface area contributed by atoms with E-state index < -0.39 is 5.97 Å². The number of nitrogens with two attached hydrogens (primary N) is 1. The molecule has 0 fully saturated rings. The minimum atomic E-state index is -0.422. The molecule has 0 heterocycles. The summed E-state index contributed by atoms with van der Waals surface area (Å²) in [7, 11) is 1.33. The zero-order valence-corrected chi connectivity index (χ0v) is 8.67. The van der Waals surface area contributed by atoms with Crippen LogP contribution in [0, 0.1) is 0 Å². The van der Waals surface area contributed by atoms with Gasteiger partial charge in [-0.15, -0.1) is 0 Å². The maximum atomic E-state index is 11.2. The summed E-state index contributed by atoms with van der Waals surface area (Å²) in [6.45, 7) is 0.563. The van der Waals surface area contributed by atoms with Gasteiger partial charge in [-0.25, -0.2) is 4.79 Å². The normalized spacial score (nSPS) is 9.93. The van der Waals surface area contributed by atoms with Crippen LogP contribution >= 0.6 is 11.6 Å². The minimum absolute atomic E-state index is 0.384. The Morgan fingerprint density at radius 1 is 1.57 bits per heavy atom. The predicted octanol–water partition coefficient (Wildman–Crippen LogP) is 1.63. The molecule has 0 saturated carbocycles. The zero-order valence-electron chi connectivity index (χ0n) is 7.92. The molecule has 0 aliphatic heterocycles. The lowest BCUT2D eigenvalue weighted by Gasteiger charge is -2.04. The summed E-state index contributed by atoms with van der Waals surface area (Å²) in [4.78, 5) is 11.2. The molecule has 0 radical (unpaired) electrons. The second-order valence-corrected chi connectivity index (χ2v) is 3.25. The van der Waals surface area contributed by atoms with Crippen LogP contribution in [-0.4, -0.2) is 19.6 Å². The molecule has 0 aliphatic rings. The number of esters is 1. The Balaban J connectivity index is 2.95. The summed E-state index contributed by atoms with van der Waals surface area (Å²) in [6, 6.07) is 5.21. The van der Waals surface area contributed by atoms with E-state index in [1.807, 2.05) is 6.07 Å². The van der Waals surface area contributed by atoms with E-state index in [0.29, 0.717) is 17.1 Å². The molecule has 0 aliphatic carbocycles. The Hall–Kier alpha value is -1.06. The zero-order chi connectivity index (χ0) is 10.6. The van der Waals surface area contributed by atoms with Gasteiger partial charge < -0.3 is 10.5 Å². The van der Waals surface area contributed by atoms with E-state index in [1.165, 1.54) is 7.11 Å². The largest absolute Gasteiger partial charge is 0.465 e. The van der Waals surface area contributed by atoms with Gasteiger partial charge in [0, 0.05) is 0 Å². The lowest BCUT2D eigenvalue weighted by Crippen LogP contribution is -2.05. The Morgan fingerprint density at radius 3 is 2.79 bits per heavy atom. The topological polar surface area (TPSA) is 52.3 Å². The van der Waals surface area contributed by atoms with Crippen LogP contribution in [0.1, 0.15) is 15.9 Å². The van der Waals surface area contributed by atoms with Crippen LogP contribution in [0.15, 0.2) is 18.2 Å². The molecule has 1 rings (SSSR count). The Kier molecular flexibility index (Phi) is 3.92. The molecule has 1 aromatic carbocycles. The Morgan fingerprint density at radius 2 is 2.29 bits per heavy atom. The highest BCUT2D eigenvalue weighted by molar-refractivity contribution is 6.33. The van der Waals surface area contributed by atoms with Crippen molar-refractivity contribution in [3.05, 3.63) is 34.3 Å². The average Bonchev–Trinajstić information content (AvgIpc) is 2.17. The molecule has 76 valence electrons. The van der Waals surface area contributed by atoms with E-state index in [2.05, 4.69) is 4.74 Å². The molecule has 1 aromatic rings. The van der Waals surface area contributed by atoms with Crippen molar-refractivity contribution in [2.75, 3.05) is 13.7 Å². The van der Waals surface area contributed by atoms with Crippen molar-refractivity contribution in [2.45, 2.75) is 6.42 Å². The molecular formula is C10H12ClNO2. The number of hydrogen-bond donors (Lipinski definition) is 1. The SMILES string of the molecule is COC(=O)c1ccc(CCN)cc1Cl. The number of halogens is 1. The fourth-order valence-corrected chi connectivity index (χ4v) is 1.44. The number of ether oxygens (including phenoxy) is 1. The van der Waals surface area contributed by atoms with Gasteiger partial charge in [0.2, 0.25) is 0 Å². The standard InChI is InChI=1S/C10H12ClNO2/c1-14-10(13)8-3-2-7(4-5-12)6-9(8)11/h2-3,6H,4-5,12H2,1H3. The first-order valence-corrected chi connectivity index (χ1v) is 4.63. The number of methoxy groups -OCH3 is 1. The van der Waals surface area contributed by atoms with E-state index in [0.717, 1.165) is 12.0 Å². The van der Waals surface area contributed by atoms with Crippen molar-refractivity contribution < 1.29 is 9.53 Å². The predicted molar refractivity (Wildman–Crippen MR) is 55.5 cm³/mol. The van der Waals surface area contributed by atoms with Gasteiger partial charge >= 0.3 is 5.97 Å². The third-order valence-corrected chi connectivity index (χ3v) is 2.18. The molecule has 3 nitrogen and oxygen atoms in total. The first kappa shape index (κ1) is 11.0. The van der Waals surface area contributed by atoms with E-state index in [1.54, 1.807) is 12.1 Å². The van der Waals surface area contributed by atoms with E-state index in [4.69, 9.17) is 17.3 Å². The number of hydrogen-bond acceptors (Lipinski definition) is 3. The van der Waals surface area contributed by atoms with Crippen molar-refractivity contribution in [2.24, 2.45) is 5.73 Å². The third kappa shape index (κ3) is 2.47. The molecule has 0 unspecified atom stereocenters. The van der Waals surface area contributed by atoms with Crippen LogP contribution in [0.2, 0.25) is 5.02 Å². The van der Waals surface area contributed by atoms with Gasteiger partial charge in [0.25, 0.3) is 0 Å². The minimum Gasteiger partial charge on any atom is -0.465 e. The highest BCUT2D eigenvalue weighted by Crippen LogP contribution is 2.18. The number of carbonyl (C=O) groups is 1. The van der Waals surface area contributed by atoms with Crippen LogP contribution in [0.25, 0.3) is 0 Å². The van der Waals surface area contributed by atoms with Gasteiger partial charge in [-0.2, -0.15) is 0 Å². The van der Waals surface area contributed by atoms with Crippen molar-refractivity contribution in [3.8, 4) is 0 Å².